The Morgan fingerprint density at radius 2 is 1.84 bits per heavy atom. The van der Waals surface area contributed by atoms with E-state index in [9.17, 15) is 19.5 Å². The lowest BCUT2D eigenvalue weighted by Gasteiger charge is -2.45. The quantitative estimate of drug-likeness (QED) is 0.415. The van der Waals surface area contributed by atoms with Crippen molar-refractivity contribution in [3.8, 4) is 0 Å². The van der Waals surface area contributed by atoms with E-state index in [2.05, 4.69) is 5.32 Å². The molecule has 0 bridgehead atoms. The summed E-state index contributed by atoms with van der Waals surface area (Å²) in [5, 5.41) is 12.4. The van der Waals surface area contributed by atoms with Crippen LogP contribution in [-0.4, -0.2) is 52.5 Å². The van der Waals surface area contributed by atoms with E-state index in [1.54, 1.807) is 36.4 Å². The predicted molar refractivity (Wildman–Crippen MR) is 90.7 cm³/mol. The Morgan fingerprint density at radius 3 is 2.52 bits per heavy atom. The van der Waals surface area contributed by atoms with Crippen LogP contribution >= 0.6 is 0 Å². The number of benzene rings is 1. The van der Waals surface area contributed by atoms with Crippen LogP contribution in [0.5, 0.6) is 0 Å². The topological polar surface area (TPSA) is 113 Å². The number of rotatable bonds is 3. The number of hydrogen-bond donors (Lipinski definition) is 3. The van der Waals surface area contributed by atoms with Gasteiger partial charge < -0.3 is 15.7 Å². The van der Waals surface area contributed by atoms with Crippen LogP contribution in [0, 0.1) is 5.92 Å². The fourth-order valence-corrected chi connectivity index (χ4v) is 3.44. The molecule has 7 heteroatoms. The molecule has 3 rings (SSSR count). The van der Waals surface area contributed by atoms with Crippen LogP contribution in [-0.2, 0) is 9.59 Å². The first-order chi connectivity index (χ1) is 12.0. The molecule has 2 aliphatic heterocycles. The van der Waals surface area contributed by atoms with Gasteiger partial charge in [0.15, 0.2) is 5.78 Å². The summed E-state index contributed by atoms with van der Waals surface area (Å²) in [6.07, 6.45) is 3.84. The van der Waals surface area contributed by atoms with Crippen molar-refractivity contribution in [1.82, 2.24) is 10.2 Å². The number of Topliss-reactive ketones (excluding diaryl/α,β-unsaturated/α-hetero) is 1. The Labute approximate surface area is 145 Å². The van der Waals surface area contributed by atoms with Crippen molar-refractivity contribution in [2.45, 2.75) is 31.1 Å². The average Bonchev–Trinajstić information content (AvgIpc) is 2.60. The standard InChI is InChI=1S/C18H21N3O4/c19-16-13-9-5-4-8-12(15(22)11-6-2-1-3-7-11)17(23)21(13)14(10-20-16)18(24)25/h1-7,12-14,16,20H,8-10,19H2,(H,24,25)/t12-,13-,14-,16?/m0/s1. The predicted octanol–water partition coefficient (Wildman–Crippen LogP) is 0.374. The van der Waals surface area contributed by atoms with Crippen molar-refractivity contribution in [3.05, 3.63) is 48.0 Å². The summed E-state index contributed by atoms with van der Waals surface area (Å²) >= 11 is 0. The number of nitrogens with two attached hydrogens (primary N) is 1. The van der Waals surface area contributed by atoms with Gasteiger partial charge in [0.2, 0.25) is 5.91 Å². The molecular formula is C18H21N3O4. The number of nitrogens with one attached hydrogen (secondary N) is 1. The molecule has 25 heavy (non-hydrogen) atoms. The van der Waals surface area contributed by atoms with E-state index in [-0.39, 0.29) is 18.7 Å². The van der Waals surface area contributed by atoms with Crippen LogP contribution in [0.25, 0.3) is 0 Å². The maximum absolute atomic E-state index is 13.1. The molecule has 2 heterocycles. The van der Waals surface area contributed by atoms with E-state index in [0.717, 1.165) is 0 Å². The highest BCUT2D eigenvalue weighted by molar-refractivity contribution is 6.10. The number of nitrogens with zero attached hydrogens (tertiary/aromatic N) is 1. The van der Waals surface area contributed by atoms with Gasteiger partial charge in [0, 0.05) is 12.1 Å². The van der Waals surface area contributed by atoms with Gasteiger partial charge in [0.05, 0.1) is 12.2 Å². The van der Waals surface area contributed by atoms with Gasteiger partial charge >= 0.3 is 5.97 Å². The number of ketones is 1. The second-order valence-electron chi connectivity index (χ2n) is 6.33. The fourth-order valence-electron chi connectivity index (χ4n) is 3.44. The van der Waals surface area contributed by atoms with E-state index < -0.39 is 36.0 Å². The fraction of sp³-hybridized carbons (Fsp3) is 0.389. The highest BCUT2D eigenvalue weighted by Gasteiger charge is 2.45. The van der Waals surface area contributed by atoms with Crippen LogP contribution in [0.4, 0.5) is 0 Å². The maximum Gasteiger partial charge on any atom is 0.327 e. The van der Waals surface area contributed by atoms with Gasteiger partial charge in [-0.3, -0.25) is 14.9 Å². The zero-order valence-electron chi connectivity index (χ0n) is 13.7. The Balaban J connectivity index is 1.97. The Morgan fingerprint density at radius 1 is 1.16 bits per heavy atom. The second kappa shape index (κ2) is 7.16. The summed E-state index contributed by atoms with van der Waals surface area (Å²) in [5.41, 5.74) is 6.49. The molecular weight excluding hydrogens is 322 g/mol. The Kier molecular flexibility index (Phi) is 4.96. The summed E-state index contributed by atoms with van der Waals surface area (Å²) in [6, 6.07) is 7.06. The molecule has 4 N–H and O–H groups in total. The monoisotopic (exact) mass is 343 g/mol. The van der Waals surface area contributed by atoms with Gasteiger partial charge in [0.25, 0.3) is 0 Å². The van der Waals surface area contributed by atoms with E-state index >= 15 is 0 Å². The SMILES string of the molecule is NC1NC[C@@H](C(=O)O)N2C(=O)[C@H](C(=O)c3ccccc3)CC=CC[C@@H]12. The molecule has 0 radical (unpaired) electrons. The summed E-state index contributed by atoms with van der Waals surface area (Å²) in [4.78, 5) is 38.9. The zero-order valence-corrected chi connectivity index (χ0v) is 13.7. The Hall–Kier alpha value is -2.51. The molecule has 4 atom stereocenters. The number of carbonyl (C=O) groups excluding carboxylic acids is 2. The van der Waals surface area contributed by atoms with Crippen molar-refractivity contribution in [1.29, 1.82) is 0 Å². The summed E-state index contributed by atoms with van der Waals surface area (Å²) < 4.78 is 0. The number of hydrogen-bond acceptors (Lipinski definition) is 5. The highest BCUT2D eigenvalue weighted by Crippen LogP contribution is 2.26. The molecule has 0 spiro atoms. The molecule has 0 aliphatic carbocycles. The van der Waals surface area contributed by atoms with E-state index in [0.29, 0.717) is 12.0 Å². The molecule has 1 aromatic rings. The van der Waals surface area contributed by atoms with Crippen molar-refractivity contribution in [2.24, 2.45) is 11.7 Å². The summed E-state index contributed by atoms with van der Waals surface area (Å²) in [5.74, 6) is -2.80. The minimum Gasteiger partial charge on any atom is -0.480 e. The number of carboxylic acids is 1. The lowest BCUT2D eigenvalue weighted by Crippen LogP contribution is -2.69. The Bertz CT molecular complexity index is 704. The zero-order chi connectivity index (χ0) is 18.0. The molecule has 0 saturated carbocycles. The third kappa shape index (κ3) is 3.33. The first-order valence-corrected chi connectivity index (χ1v) is 8.29. The first-order valence-electron chi connectivity index (χ1n) is 8.29. The van der Waals surface area contributed by atoms with Gasteiger partial charge in [-0.15, -0.1) is 0 Å². The van der Waals surface area contributed by atoms with Crippen molar-refractivity contribution < 1.29 is 19.5 Å². The number of allylic oxidation sites excluding steroid dienone is 1. The molecule has 7 nitrogen and oxygen atoms in total. The van der Waals surface area contributed by atoms with Gasteiger partial charge in [-0.2, -0.15) is 0 Å². The largest absolute Gasteiger partial charge is 0.480 e. The smallest absolute Gasteiger partial charge is 0.327 e. The van der Waals surface area contributed by atoms with Gasteiger partial charge in [0.1, 0.15) is 12.0 Å². The van der Waals surface area contributed by atoms with E-state index in [1.165, 1.54) is 4.90 Å². The second-order valence-corrected chi connectivity index (χ2v) is 6.33. The number of piperazine rings is 1. The van der Waals surface area contributed by atoms with Gasteiger partial charge in [-0.25, -0.2) is 4.79 Å². The average molecular weight is 343 g/mol. The minimum atomic E-state index is -1.10. The maximum atomic E-state index is 13.1. The first kappa shape index (κ1) is 17.3. The number of aliphatic carboxylic acids is 1. The van der Waals surface area contributed by atoms with Crippen LogP contribution in [0.3, 0.4) is 0 Å². The van der Waals surface area contributed by atoms with Gasteiger partial charge in [-0.05, 0) is 12.8 Å². The molecule has 1 saturated heterocycles. The third-order valence-corrected chi connectivity index (χ3v) is 4.78. The molecule has 1 amide bonds. The molecule has 0 aromatic heterocycles. The molecule has 132 valence electrons. The number of fused-ring (bicyclic) bond motifs is 1. The number of amides is 1. The lowest BCUT2D eigenvalue weighted by molar-refractivity contribution is -0.156. The van der Waals surface area contributed by atoms with Crippen molar-refractivity contribution in [3.63, 3.8) is 0 Å². The summed E-state index contributed by atoms with van der Waals surface area (Å²) in [7, 11) is 0. The third-order valence-electron chi connectivity index (χ3n) is 4.78. The lowest BCUT2D eigenvalue weighted by atomic mass is 9.88. The highest BCUT2D eigenvalue weighted by atomic mass is 16.4. The van der Waals surface area contributed by atoms with E-state index in [1.807, 2.05) is 6.08 Å². The molecule has 1 fully saturated rings. The number of carboxylic acid groups (broad SMARTS) is 1. The van der Waals surface area contributed by atoms with Crippen molar-refractivity contribution in [2.75, 3.05) is 6.54 Å². The molecule has 1 unspecified atom stereocenters. The van der Waals surface area contributed by atoms with Crippen LogP contribution in [0.15, 0.2) is 42.5 Å². The summed E-state index contributed by atoms with van der Waals surface area (Å²) in [6.45, 7) is 0.0642. The van der Waals surface area contributed by atoms with Crippen LogP contribution in [0.1, 0.15) is 23.2 Å². The molecule has 1 aromatic carbocycles. The van der Waals surface area contributed by atoms with Gasteiger partial charge in [-0.1, -0.05) is 42.5 Å². The van der Waals surface area contributed by atoms with Crippen molar-refractivity contribution >= 4 is 17.7 Å². The normalized spacial score (nSPS) is 29.5. The number of carbonyl (C=O) groups is 3. The van der Waals surface area contributed by atoms with E-state index in [4.69, 9.17) is 5.73 Å². The molecule has 2 aliphatic rings. The van der Waals surface area contributed by atoms with Crippen LogP contribution in [0.2, 0.25) is 0 Å². The minimum absolute atomic E-state index is 0.0642. The van der Waals surface area contributed by atoms with Crippen LogP contribution < -0.4 is 11.1 Å².